The van der Waals surface area contributed by atoms with Gasteiger partial charge in [-0.05, 0) is 6.07 Å². The zero-order chi connectivity index (χ0) is 14.7. The summed E-state index contributed by atoms with van der Waals surface area (Å²) in [5, 5.41) is 19.5. The summed E-state index contributed by atoms with van der Waals surface area (Å²) in [5.41, 5.74) is -0.301. The second-order valence-electron chi connectivity index (χ2n) is 4.19. The van der Waals surface area contributed by atoms with Crippen molar-refractivity contribution in [2.75, 3.05) is 18.1 Å². The molecular weight excluding hydrogens is 286 g/mol. The Morgan fingerprint density at radius 1 is 1.55 bits per heavy atom. The summed E-state index contributed by atoms with van der Waals surface area (Å²) in [6.45, 7) is 0.111. The van der Waals surface area contributed by atoms with Gasteiger partial charge < -0.3 is 9.84 Å². The third kappa shape index (κ3) is 2.90. The van der Waals surface area contributed by atoms with Crippen LogP contribution in [0.15, 0.2) is 18.2 Å². The van der Waals surface area contributed by atoms with Crippen LogP contribution in [0.2, 0.25) is 0 Å². The Bertz CT molecular complexity index is 573. The molecule has 1 aromatic carbocycles. The zero-order valence-electron chi connectivity index (χ0n) is 10.3. The minimum Gasteiger partial charge on any atom is -0.492 e. The van der Waals surface area contributed by atoms with E-state index in [9.17, 15) is 19.7 Å². The molecule has 106 valence electrons. The highest BCUT2D eigenvalue weighted by atomic mass is 32.2. The Labute approximate surface area is 118 Å². The molecule has 0 bridgehead atoms. The van der Waals surface area contributed by atoms with E-state index in [1.165, 1.54) is 18.2 Å². The van der Waals surface area contributed by atoms with E-state index in [0.29, 0.717) is 0 Å². The van der Waals surface area contributed by atoms with Crippen molar-refractivity contribution < 1.29 is 24.4 Å². The van der Waals surface area contributed by atoms with Crippen LogP contribution in [0.3, 0.4) is 0 Å². The normalized spacial score (nSPS) is 17.2. The fraction of sp³-hybridized carbons (Fsp3) is 0.333. The summed E-state index contributed by atoms with van der Waals surface area (Å²) in [6.07, 6.45) is 0. The summed E-state index contributed by atoms with van der Waals surface area (Å²) >= 11 is 1.09. The molecular formula is C12H11NO6S. The third-order valence-corrected chi connectivity index (χ3v) is 3.89. The number of nitro benzene ring substituents is 1. The van der Waals surface area contributed by atoms with E-state index in [2.05, 4.69) is 0 Å². The third-order valence-electron chi connectivity index (χ3n) is 2.80. The number of ketones is 1. The number of Topliss-reactive ketones (excluding diaryl/α,β-unsaturated/α-hetero) is 1. The summed E-state index contributed by atoms with van der Waals surface area (Å²) in [7, 11) is 0. The van der Waals surface area contributed by atoms with Crippen molar-refractivity contribution in [1.29, 1.82) is 0 Å². The minimum absolute atomic E-state index is 0.0234. The van der Waals surface area contributed by atoms with Gasteiger partial charge in [0.25, 0.3) is 5.69 Å². The van der Waals surface area contributed by atoms with Crippen LogP contribution in [-0.2, 0) is 4.79 Å². The number of hydrogen-bond acceptors (Lipinski definition) is 6. The van der Waals surface area contributed by atoms with Gasteiger partial charge in [0.15, 0.2) is 5.78 Å². The van der Waals surface area contributed by atoms with Crippen LogP contribution in [0, 0.1) is 16.0 Å². The van der Waals surface area contributed by atoms with E-state index in [1.807, 2.05) is 0 Å². The highest BCUT2D eigenvalue weighted by Gasteiger charge is 2.34. The summed E-state index contributed by atoms with van der Waals surface area (Å²) in [6, 6.07) is 4.23. The molecule has 7 nitrogen and oxygen atoms in total. The van der Waals surface area contributed by atoms with Gasteiger partial charge in [-0.25, -0.2) is 0 Å². The monoisotopic (exact) mass is 297 g/mol. The Hall–Kier alpha value is -2.09. The lowest BCUT2D eigenvalue weighted by atomic mass is 9.95. The fourth-order valence-corrected chi connectivity index (χ4v) is 2.75. The molecule has 1 aromatic rings. The molecule has 0 saturated carbocycles. The van der Waals surface area contributed by atoms with Gasteiger partial charge in [0.1, 0.15) is 11.3 Å². The summed E-state index contributed by atoms with van der Waals surface area (Å²) in [5.74, 6) is -1.54. The van der Waals surface area contributed by atoms with Gasteiger partial charge in [0.05, 0.1) is 23.2 Å². The SMILES string of the molecule is O=C(O)CSCC1COc2cccc([N+](=O)[O-])c2C1=O. The lowest BCUT2D eigenvalue weighted by Crippen LogP contribution is -2.30. The molecule has 0 spiro atoms. The lowest BCUT2D eigenvalue weighted by Gasteiger charge is -2.23. The summed E-state index contributed by atoms with van der Waals surface area (Å²) in [4.78, 5) is 33.0. The van der Waals surface area contributed by atoms with E-state index in [4.69, 9.17) is 9.84 Å². The van der Waals surface area contributed by atoms with Crippen LogP contribution in [-0.4, -0.2) is 39.9 Å². The number of ether oxygens (including phenoxy) is 1. The number of carbonyl (C=O) groups excluding carboxylic acids is 1. The molecule has 2 rings (SSSR count). The predicted molar refractivity (Wildman–Crippen MR) is 71.4 cm³/mol. The number of carbonyl (C=O) groups is 2. The number of rotatable bonds is 5. The molecule has 0 aromatic heterocycles. The Morgan fingerprint density at radius 3 is 2.95 bits per heavy atom. The molecule has 1 heterocycles. The molecule has 0 saturated heterocycles. The first kappa shape index (κ1) is 14.3. The Balaban J connectivity index is 2.19. The maximum atomic E-state index is 12.3. The van der Waals surface area contributed by atoms with Crippen molar-refractivity contribution in [3.63, 3.8) is 0 Å². The Morgan fingerprint density at radius 2 is 2.30 bits per heavy atom. The van der Waals surface area contributed by atoms with Gasteiger partial charge >= 0.3 is 5.97 Å². The van der Waals surface area contributed by atoms with Gasteiger partial charge in [-0.1, -0.05) is 6.07 Å². The van der Waals surface area contributed by atoms with E-state index in [0.717, 1.165) is 11.8 Å². The molecule has 0 radical (unpaired) electrons. The number of carboxylic acid groups (broad SMARTS) is 1. The molecule has 1 aliphatic heterocycles. The fourth-order valence-electron chi connectivity index (χ4n) is 1.92. The van der Waals surface area contributed by atoms with E-state index in [1.54, 1.807) is 0 Å². The average Bonchev–Trinajstić information content (AvgIpc) is 2.40. The first-order valence-corrected chi connectivity index (χ1v) is 6.90. The van der Waals surface area contributed by atoms with Gasteiger partial charge in [-0.2, -0.15) is 0 Å². The highest BCUT2D eigenvalue weighted by Crippen LogP contribution is 2.35. The predicted octanol–water partition coefficient (Wildman–Crippen LogP) is 1.60. The van der Waals surface area contributed by atoms with Crippen LogP contribution in [0.1, 0.15) is 10.4 Å². The topological polar surface area (TPSA) is 107 Å². The van der Waals surface area contributed by atoms with Gasteiger partial charge in [-0.15, -0.1) is 11.8 Å². The van der Waals surface area contributed by atoms with Crippen molar-refractivity contribution in [3.05, 3.63) is 33.9 Å². The molecule has 8 heteroatoms. The molecule has 1 atom stereocenters. The average molecular weight is 297 g/mol. The number of benzene rings is 1. The van der Waals surface area contributed by atoms with Crippen LogP contribution < -0.4 is 4.74 Å². The van der Waals surface area contributed by atoms with E-state index >= 15 is 0 Å². The molecule has 1 aliphatic rings. The minimum atomic E-state index is -0.967. The van der Waals surface area contributed by atoms with Gasteiger partial charge in [-0.3, -0.25) is 19.7 Å². The number of fused-ring (bicyclic) bond motifs is 1. The molecule has 1 unspecified atom stereocenters. The molecule has 0 fully saturated rings. The second-order valence-corrected chi connectivity index (χ2v) is 5.22. The number of nitro groups is 1. The standard InChI is InChI=1S/C12H11NO6S/c14-10(15)6-20-5-7-4-19-9-3-1-2-8(13(17)18)11(9)12(7)16/h1-3,7H,4-6H2,(H,14,15). The number of hydrogen-bond donors (Lipinski definition) is 1. The molecule has 0 aliphatic carbocycles. The number of carboxylic acids is 1. The zero-order valence-corrected chi connectivity index (χ0v) is 11.1. The number of aliphatic carboxylic acids is 1. The van der Waals surface area contributed by atoms with E-state index < -0.39 is 16.8 Å². The van der Waals surface area contributed by atoms with Crippen molar-refractivity contribution >= 4 is 29.2 Å². The Kier molecular flexibility index (Phi) is 4.23. The smallest absolute Gasteiger partial charge is 0.313 e. The van der Waals surface area contributed by atoms with Crippen LogP contribution in [0.5, 0.6) is 5.75 Å². The molecule has 1 N–H and O–H groups in total. The first-order valence-electron chi connectivity index (χ1n) is 5.74. The van der Waals surface area contributed by atoms with E-state index in [-0.39, 0.29) is 40.9 Å². The van der Waals surface area contributed by atoms with Gasteiger partial charge in [0.2, 0.25) is 0 Å². The number of nitrogens with zero attached hydrogens (tertiary/aromatic N) is 1. The van der Waals surface area contributed by atoms with Crippen molar-refractivity contribution in [2.24, 2.45) is 5.92 Å². The largest absolute Gasteiger partial charge is 0.492 e. The van der Waals surface area contributed by atoms with Crippen molar-refractivity contribution in [3.8, 4) is 5.75 Å². The first-order chi connectivity index (χ1) is 9.50. The maximum Gasteiger partial charge on any atom is 0.313 e. The quantitative estimate of drug-likeness (QED) is 0.649. The van der Waals surface area contributed by atoms with Crippen LogP contribution in [0.25, 0.3) is 0 Å². The lowest BCUT2D eigenvalue weighted by molar-refractivity contribution is -0.385. The van der Waals surface area contributed by atoms with Crippen LogP contribution in [0.4, 0.5) is 5.69 Å². The van der Waals surface area contributed by atoms with Crippen molar-refractivity contribution in [2.45, 2.75) is 0 Å². The maximum absolute atomic E-state index is 12.3. The second kappa shape index (κ2) is 5.91. The molecule has 20 heavy (non-hydrogen) atoms. The highest BCUT2D eigenvalue weighted by molar-refractivity contribution is 7.99. The molecule has 0 amide bonds. The number of thioether (sulfide) groups is 1. The van der Waals surface area contributed by atoms with Gasteiger partial charge in [0, 0.05) is 11.8 Å². The van der Waals surface area contributed by atoms with Crippen LogP contribution >= 0.6 is 11.8 Å². The van der Waals surface area contributed by atoms with Crippen molar-refractivity contribution in [1.82, 2.24) is 0 Å². The summed E-state index contributed by atoms with van der Waals surface area (Å²) < 4.78 is 5.37.